The summed E-state index contributed by atoms with van der Waals surface area (Å²) in [5, 5.41) is 5.41. The molecule has 41 heavy (non-hydrogen) atoms. The fourth-order valence-corrected chi connectivity index (χ4v) is 6.01. The number of piperazine rings is 1. The number of nitrogens with zero attached hydrogens (tertiary/aromatic N) is 6. The SMILES string of the molecule is COc1ccc(/C=N/c2nn(CN3CCN(c4cc5c(cc4F)c(=O)c(C(C)=O)cn5C4CC4)CC3)c(=S)s2)cc1. The zero-order valence-corrected chi connectivity index (χ0v) is 24.4. The molecule has 0 bridgehead atoms. The van der Waals surface area contributed by atoms with Crippen molar-refractivity contribution in [1.29, 1.82) is 0 Å². The normalized spacial score (nSPS) is 16.1. The molecular weight excluding hydrogens is 563 g/mol. The summed E-state index contributed by atoms with van der Waals surface area (Å²) in [5.41, 5.74) is 1.79. The number of ketones is 1. The van der Waals surface area contributed by atoms with Gasteiger partial charge in [-0.25, -0.2) is 14.1 Å². The maximum atomic E-state index is 15.4. The number of hydrogen-bond acceptors (Lipinski definition) is 9. The van der Waals surface area contributed by atoms with E-state index >= 15 is 4.39 Å². The fraction of sp³-hybridized carbons (Fsp3) is 0.345. The van der Waals surface area contributed by atoms with Gasteiger partial charge in [0.2, 0.25) is 5.13 Å². The van der Waals surface area contributed by atoms with Crippen molar-refractivity contribution < 1.29 is 13.9 Å². The van der Waals surface area contributed by atoms with Gasteiger partial charge in [-0.1, -0.05) is 11.3 Å². The van der Waals surface area contributed by atoms with E-state index < -0.39 is 11.2 Å². The summed E-state index contributed by atoms with van der Waals surface area (Å²) in [7, 11) is 1.63. The minimum atomic E-state index is -0.452. The Hall–Kier alpha value is -3.74. The van der Waals surface area contributed by atoms with Crippen molar-refractivity contribution in [1.82, 2.24) is 19.2 Å². The van der Waals surface area contributed by atoms with Crippen LogP contribution >= 0.6 is 23.6 Å². The van der Waals surface area contributed by atoms with Gasteiger partial charge in [0.15, 0.2) is 15.2 Å². The Morgan fingerprint density at radius 3 is 2.59 bits per heavy atom. The van der Waals surface area contributed by atoms with Crippen LogP contribution in [-0.2, 0) is 6.67 Å². The Kier molecular flexibility index (Phi) is 7.54. The van der Waals surface area contributed by atoms with Crippen molar-refractivity contribution in [3.8, 4) is 5.75 Å². The maximum absolute atomic E-state index is 15.4. The number of benzene rings is 2. The van der Waals surface area contributed by atoms with Crippen LogP contribution in [0.5, 0.6) is 5.75 Å². The molecule has 0 unspecified atom stereocenters. The number of carbonyl (C=O) groups excluding carboxylic acids is 1. The molecule has 1 aliphatic carbocycles. The lowest BCUT2D eigenvalue weighted by Gasteiger charge is -2.36. The lowest BCUT2D eigenvalue weighted by Crippen LogP contribution is -2.47. The number of anilines is 1. The number of aromatic nitrogens is 3. The summed E-state index contributed by atoms with van der Waals surface area (Å²) in [6, 6.07) is 10.9. The standard InChI is InChI=1S/C29H29FN6O3S2/c1-18(37)23-16-35(20-5-6-20)25-14-26(24(30)13-22(25)27(23)38)34-11-9-33(10-12-34)17-36-29(40)41-28(32-36)31-15-19-3-7-21(39-2)8-4-19/h3-4,7-8,13-16,20H,5-6,9-12,17H2,1-2H3/b31-15+. The molecule has 2 aromatic heterocycles. The van der Waals surface area contributed by atoms with E-state index in [0.29, 0.717) is 53.1 Å². The van der Waals surface area contributed by atoms with E-state index in [9.17, 15) is 9.59 Å². The van der Waals surface area contributed by atoms with E-state index in [2.05, 4.69) is 15.0 Å². The molecule has 6 rings (SSSR count). The van der Waals surface area contributed by atoms with Crippen LogP contribution in [0.25, 0.3) is 10.9 Å². The van der Waals surface area contributed by atoms with E-state index in [-0.39, 0.29) is 22.8 Å². The molecule has 0 atom stereocenters. The van der Waals surface area contributed by atoms with E-state index in [0.717, 1.165) is 24.2 Å². The van der Waals surface area contributed by atoms with Gasteiger partial charge < -0.3 is 14.2 Å². The van der Waals surface area contributed by atoms with Gasteiger partial charge >= 0.3 is 0 Å². The molecule has 12 heteroatoms. The average Bonchev–Trinajstić information content (AvgIpc) is 3.76. The number of fused-ring (bicyclic) bond motifs is 1. The number of aliphatic imine (C=N–C) groups is 1. The smallest absolute Gasteiger partial charge is 0.230 e. The van der Waals surface area contributed by atoms with Crippen LogP contribution in [0.2, 0.25) is 0 Å². The highest BCUT2D eigenvalue weighted by Gasteiger charge is 2.28. The molecular formula is C29H29FN6O3S2. The second-order valence-corrected chi connectivity index (χ2v) is 11.9. The lowest BCUT2D eigenvalue weighted by molar-refractivity contribution is 0.101. The molecule has 1 saturated heterocycles. The van der Waals surface area contributed by atoms with Gasteiger partial charge in [-0.15, -0.1) is 5.10 Å². The van der Waals surface area contributed by atoms with Crippen molar-refractivity contribution >= 4 is 57.3 Å². The van der Waals surface area contributed by atoms with E-state index in [1.54, 1.807) is 30.3 Å². The minimum absolute atomic E-state index is 0.111. The predicted molar refractivity (Wildman–Crippen MR) is 161 cm³/mol. The van der Waals surface area contributed by atoms with Crippen molar-refractivity contribution in [3.63, 3.8) is 0 Å². The molecule has 4 aromatic rings. The second-order valence-electron chi connectivity index (χ2n) is 10.3. The summed E-state index contributed by atoms with van der Waals surface area (Å²) >= 11 is 6.88. The Labute approximate surface area is 245 Å². The number of halogens is 1. The van der Waals surface area contributed by atoms with Gasteiger partial charge in [0.1, 0.15) is 11.6 Å². The quantitative estimate of drug-likeness (QED) is 0.158. The van der Waals surface area contributed by atoms with E-state index in [1.165, 1.54) is 24.3 Å². The third kappa shape index (κ3) is 5.72. The Morgan fingerprint density at radius 2 is 1.93 bits per heavy atom. The van der Waals surface area contributed by atoms with Crippen LogP contribution in [0.4, 0.5) is 15.2 Å². The third-order valence-electron chi connectivity index (χ3n) is 7.50. The number of pyridine rings is 1. The number of Topliss-reactive ketones (excluding diaryl/α,β-unsaturated/α-hetero) is 1. The van der Waals surface area contributed by atoms with Gasteiger partial charge in [-0.05, 0) is 73.9 Å². The number of methoxy groups -OCH3 is 1. The Balaban J connectivity index is 1.15. The van der Waals surface area contributed by atoms with Crippen LogP contribution < -0.4 is 15.1 Å². The average molecular weight is 593 g/mol. The van der Waals surface area contributed by atoms with Gasteiger partial charge in [0, 0.05) is 50.0 Å². The number of rotatable bonds is 8. The molecule has 212 valence electrons. The van der Waals surface area contributed by atoms with Gasteiger partial charge in [-0.2, -0.15) is 0 Å². The molecule has 9 nitrogen and oxygen atoms in total. The fourth-order valence-electron chi connectivity index (χ4n) is 5.08. The van der Waals surface area contributed by atoms with Crippen molar-refractivity contribution in [2.45, 2.75) is 32.5 Å². The van der Waals surface area contributed by atoms with Crippen LogP contribution in [-0.4, -0.2) is 64.5 Å². The van der Waals surface area contributed by atoms with E-state index in [4.69, 9.17) is 17.0 Å². The minimum Gasteiger partial charge on any atom is -0.497 e. The van der Waals surface area contributed by atoms with Crippen LogP contribution in [0, 0.1) is 9.77 Å². The zero-order chi connectivity index (χ0) is 28.7. The number of carbonyl (C=O) groups is 1. The van der Waals surface area contributed by atoms with Crippen molar-refractivity contribution in [2.75, 3.05) is 38.2 Å². The molecule has 2 fully saturated rings. The van der Waals surface area contributed by atoms with Gasteiger partial charge in [0.25, 0.3) is 0 Å². The molecule has 1 aliphatic heterocycles. The molecule has 3 heterocycles. The summed E-state index contributed by atoms with van der Waals surface area (Å²) in [6.07, 6.45) is 5.36. The molecule has 2 aromatic carbocycles. The third-order valence-corrected chi connectivity index (χ3v) is 8.72. The van der Waals surface area contributed by atoms with Crippen molar-refractivity contribution in [2.24, 2.45) is 4.99 Å². The van der Waals surface area contributed by atoms with Gasteiger partial charge in [-0.3, -0.25) is 14.5 Å². The van der Waals surface area contributed by atoms with Crippen molar-refractivity contribution in [3.05, 3.63) is 73.7 Å². The maximum Gasteiger partial charge on any atom is 0.230 e. The lowest BCUT2D eigenvalue weighted by atomic mass is 10.1. The van der Waals surface area contributed by atoms with Crippen LogP contribution in [0.15, 0.2) is 52.4 Å². The second kappa shape index (κ2) is 11.3. The first-order chi connectivity index (χ1) is 19.8. The van der Waals surface area contributed by atoms with E-state index in [1.807, 2.05) is 33.7 Å². The largest absolute Gasteiger partial charge is 0.497 e. The summed E-state index contributed by atoms with van der Waals surface area (Å²) in [6.45, 7) is 4.51. The molecule has 0 N–H and O–H groups in total. The van der Waals surface area contributed by atoms with Crippen LogP contribution in [0.1, 0.15) is 41.7 Å². The first-order valence-electron chi connectivity index (χ1n) is 13.4. The summed E-state index contributed by atoms with van der Waals surface area (Å²) in [5.74, 6) is 0.0303. The highest BCUT2D eigenvalue weighted by molar-refractivity contribution is 7.73. The number of hydrogen-bond donors (Lipinski definition) is 0. The molecule has 0 radical (unpaired) electrons. The Bertz CT molecular complexity index is 1770. The summed E-state index contributed by atoms with van der Waals surface area (Å²) in [4.78, 5) is 33.7. The monoisotopic (exact) mass is 592 g/mol. The molecule has 2 aliphatic rings. The Morgan fingerprint density at radius 1 is 1.20 bits per heavy atom. The topological polar surface area (TPSA) is 85.0 Å². The summed E-state index contributed by atoms with van der Waals surface area (Å²) < 4.78 is 24.9. The molecule has 0 amide bonds. The number of ether oxygens (including phenoxy) is 1. The highest BCUT2D eigenvalue weighted by atomic mass is 32.1. The predicted octanol–water partition coefficient (Wildman–Crippen LogP) is 5.20. The first kappa shape index (κ1) is 27.4. The molecule has 0 spiro atoms. The molecule has 1 saturated carbocycles. The van der Waals surface area contributed by atoms with Crippen LogP contribution in [0.3, 0.4) is 0 Å². The first-order valence-corrected chi connectivity index (χ1v) is 14.7. The highest BCUT2D eigenvalue weighted by Crippen LogP contribution is 2.38. The zero-order valence-electron chi connectivity index (χ0n) is 22.7. The van der Waals surface area contributed by atoms with Gasteiger partial charge in [0.05, 0.1) is 30.5 Å².